The number of aromatic nitrogens is 1. The Morgan fingerprint density at radius 1 is 1.50 bits per heavy atom. The van der Waals surface area contributed by atoms with Crippen LogP contribution in [0.5, 0.6) is 0 Å². The van der Waals surface area contributed by atoms with Crippen molar-refractivity contribution in [1.82, 2.24) is 14.8 Å². The third-order valence-corrected chi connectivity index (χ3v) is 3.49. The minimum Gasteiger partial charge on any atom is -0.351 e. The fourth-order valence-electron chi connectivity index (χ4n) is 2.52. The Kier molecular flexibility index (Phi) is 4.02. The molecular weight excluding hydrogens is 198 g/mol. The van der Waals surface area contributed by atoms with Gasteiger partial charge in [0.25, 0.3) is 0 Å². The van der Waals surface area contributed by atoms with Gasteiger partial charge in [-0.25, -0.2) is 0 Å². The van der Waals surface area contributed by atoms with Crippen LogP contribution in [0.25, 0.3) is 0 Å². The maximum absolute atomic E-state index is 3.58. The van der Waals surface area contributed by atoms with Crippen molar-refractivity contribution in [3.8, 4) is 0 Å². The van der Waals surface area contributed by atoms with Gasteiger partial charge < -0.3 is 14.8 Å². The zero-order valence-corrected chi connectivity index (χ0v) is 10.4. The van der Waals surface area contributed by atoms with Crippen molar-refractivity contribution in [2.45, 2.75) is 26.4 Å². The maximum atomic E-state index is 3.58. The predicted octanol–water partition coefficient (Wildman–Crippen LogP) is 1.55. The first-order valence-corrected chi connectivity index (χ1v) is 6.33. The normalized spacial score (nSPS) is 21.8. The molecule has 1 aromatic heterocycles. The fraction of sp³-hybridized carbons (Fsp3) is 0.692. The van der Waals surface area contributed by atoms with Crippen LogP contribution in [0.4, 0.5) is 0 Å². The van der Waals surface area contributed by atoms with Gasteiger partial charge in [-0.15, -0.1) is 0 Å². The molecule has 1 atom stereocenters. The van der Waals surface area contributed by atoms with Crippen LogP contribution < -0.4 is 5.32 Å². The molecule has 0 saturated carbocycles. The van der Waals surface area contributed by atoms with Gasteiger partial charge in [0.1, 0.15) is 0 Å². The second kappa shape index (κ2) is 5.51. The van der Waals surface area contributed by atoms with Crippen LogP contribution in [0, 0.1) is 5.92 Å². The number of hydrogen-bond donors (Lipinski definition) is 1. The lowest BCUT2D eigenvalue weighted by atomic mass is 10.1. The molecule has 0 radical (unpaired) electrons. The second-order valence-electron chi connectivity index (χ2n) is 4.83. The molecule has 1 saturated heterocycles. The zero-order chi connectivity index (χ0) is 11.4. The molecule has 16 heavy (non-hydrogen) atoms. The molecule has 1 aliphatic rings. The third kappa shape index (κ3) is 2.86. The number of nitrogens with zero attached hydrogens (tertiary/aromatic N) is 2. The van der Waals surface area contributed by atoms with Gasteiger partial charge in [-0.1, -0.05) is 0 Å². The van der Waals surface area contributed by atoms with Crippen LogP contribution >= 0.6 is 0 Å². The molecule has 0 bridgehead atoms. The van der Waals surface area contributed by atoms with Crippen molar-refractivity contribution in [3.05, 3.63) is 24.0 Å². The Hall–Kier alpha value is -0.800. The summed E-state index contributed by atoms with van der Waals surface area (Å²) in [5.41, 5.74) is 1.40. The molecule has 1 fully saturated rings. The van der Waals surface area contributed by atoms with Crippen LogP contribution in [-0.4, -0.2) is 36.1 Å². The average molecular weight is 221 g/mol. The van der Waals surface area contributed by atoms with E-state index in [-0.39, 0.29) is 0 Å². The molecule has 1 N–H and O–H groups in total. The Balaban J connectivity index is 1.72. The standard InChI is InChI=1S/C13H23N3/c1-3-16-7-4-5-13(16)10-14-9-12-6-8-15(2)11-12/h4-5,7,12,14H,3,6,8-11H2,1-2H3. The van der Waals surface area contributed by atoms with Gasteiger partial charge in [-0.3, -0.25) is 0 Å². The molecule has 1 aromatic rings. The Morgan fingerprint density at radius 2 is 2.38 bits per heavy atom. The zero-order valence-electron chi connectivity index (χ0n) is 10.4. The summed E-state index contributed by atoms with van der Waals surface area (Å²) in [6, 6.07) is 4.33. The van der Waals surface area contributed by atoms with Gasteiger partial charge in [0.2, 0.25) is 0 Å². The van der Waals surface area contributed by atoms with E-state index in [0.717, 1.165) is 25.6 Å². The van der Waals surface area contributed by atoms with Crippen LogP contribution in [0.15, 0.2) is 18.3 Å². The summed E-state index contributed by atoms with van der Waals surface area (Å²) in [5.74, 6) is 0.843. The highest BCUT2D eigenvalue weighted by Gasteiger charge is 2.18. The van der Waals surface area contributed by atoms with E-state index in [1.807, 2.05) is 0 Å². The molecule has 0 aromatic carbocycles. The quantitative estimate of drug-likeness (QED) is 0.814. The van der Waals surface area contributed by atoms with E-state index >= 15 is 0 Å². The number of hydrogen-bond acceptors (Lipinski definition) is 2. The minimum absolute atomic E-state index is 0.843. The summed E-state index contributed by atoms with van der Waals surface area (Å²) in [4.78, 5) is 2.42. The molecular formula is C13H23N3. The van der Waals surface area contributed by atoms with Crippen LogP contribution in [0.1, 0.15) is 19.0 Å². The van der Waals surface area contributed by atoms with Gasteiger partial charge in [0, 0.05) is 31.5 Å². The first-order chi connectivity index (χ1) is 7.79. The highest BCUT2D eigenvalue weighted by atomic mass is 15.1. The number of aryl methyl sites for hydroxylation is 1. The second-order valence-corrected chi connectivity index (χ2v) is 4.83. The van der Waals surface area contributed by atoms with E-state index in [1.54, 1.807) is 0 Å². The SMILES string of the molecule is CCn1cccc1CNCC1CCN(C)C1. The number of nitrogens with one attached hydrogen (secondary N) is 1. The van der Waals surface area contributed by atoms with Crippen molar-refractivity contribution in [3.63, 3.8) is 0 Å². The van der Waals surface area contributed by atoms with Crippen molar-refractivity contribution >= 4 is 0 Å². The van der Waals surface area contributed by atoms with E-state index < -0.39 is 0 Å². The van der Waals surface area contributed by atoms with E-state index in [0.29, 0.717) is 0 Å². The van der Waals surface area contributed by atoms with E-state index in [4.69, 9.17) is 0 Å². The van der Waals surface area contributed by atoms with Crippen molar-refractivity contribution < 1.29 is 0 Å². The lowest BCUT2D eigenvalue weighted by Gasteiger charge is -2.12. The molecule has 2 heterocycles. The smallest absolute Gasteiger partial charge is 0.0359 e. The third-order valence-electron chi connectivity index (χ3n) is 3.49. The van der Waals surface area contributed by atoms with Crippen molar-refractivity contribution in [2.75, 3.05) is 26.7 Å². The summed E-state index contributed by atoms with van der Waals surface area (Å²) in [6.07, 6.45) is 3.50. The summed E-state index contributed by atoms with van der Waals surface area (Å²) >= 11 is 0. The Labute approximate surface area is 98.4 Å². The molecule has 2 rings (SSSR count). The summed E-state index contributed by atoms with van der Waals surface area (Å²) in [7, 11) is 2.21. The Morgan fingerprint density at radius 3 is 3.06 bits per heavy atom. The molecule has 3 heteroatoms. The van der Waals surface area contributed by atoms with Gasteiger partial charge in [-0.2, -0.15) is 0 Å². The molecule has 1 unspecified atom stereocenters. The van der Waals surface area contributed by atoms with Gasteiger partial charge in [-0.05, 0) is 51.5 Å². The van der Waals surface area contributed by atoms with E-state index in [1.165, 1.54) is 25.2 Å². The first-order valence-electron chi connectivity index (χ1n) is 6.33. The lowest BCUT2D eigenvalue weighted by molar-refractivity contribution is 0.387. The molecule has 0 aliphatic carbocycles. The van der Waals surface area contributed by atoms with E-state index in [2.05, 4.69) is 47.1 Å². The molecule has 90 valence electrons. The summed E-state index contributed by atoms with van der Waals surface area (Å²) in [5, 5.41) is 3.58. The summed E-state index contributed by atoms with van der Waals surface area (Å²) < 4.78 is 2.30. The van der Waals surface area contributed by atoms with Crippen LogP contribution in [-0.2, 0) is 13.1 Å². The summed E-state index contributed by atoms with van der Waals surface area (Å²) in [6.45, 7) is 7.92. The fourth-order valence-corrected chi connectivity index (χ4v) is 2.52. The monoisotopic (exact) mass is 221 g/mol. The average Bonchev–Trinajstić information content (AvgIpc) is 2.87. The number of likely N-dealkylation sites (tertiary alicyclic amines) is 1. The first kappa shape index (κ1) is 11.7. The van der Waals surface area contributed by atoms with Gasteiger partial charge >= 0.3 is 0 Å². The Bertz CT molecular complexity index is 319. The highest BCUT2D eigenvalue weighted by Crippen LogP contribution is 2.13. The van der Waals surface area contributed by atoms with Crippen molar-refractivity contribution in [2.24, 2.45) is 5.92 Å². The molecule has 1 aliphatic heterocycles. The van der Waals surface area contributed by atoms with Crippen LogP contribution in [0.2, 0.25) is 0 Å². The van der Waals surface area contributed by atoms with Gasteiger partial charge in [0.15, 0.2) is 0 Å². The minimum atomic E-state index is 0.843. The molecule has 0 amide bonds. The molecule has 3 nitrogen and oxygen atoms in total. The maximum Gasteiger partial charge on any atom is 0.0359 e. The predicted molar refractivity (Wildman–Crippen MR) is 67.4 cm³/mol. The molecule has 0 spiro atoms. The van der Waals surface area contributed by atoms with Gasteiger partial charge in [0.05, 0.1) is 0 Å². The van der Waals surface area contributed by atoms with Crippen LogP contribution in [0.3, 0.4) is 0 Å². The highest BCUT2D eigenvalue weighted by molar-refractivity contribution is 5.06. The van der Waals surface area contributed by atoms with Crippen molar-refractivity contribution in [1.29, 1.82) is 0 Å². The lowest BCUT2D eigenvalue weighted by Crippen LogP contribution is -2.25. The van der Waals surface area contributed by atoms with E-state index in [9.17, 15) is 0 Å². The number of rotatable bonds is 5. The largest absolute Gasteiger partial charge is 0.351 e. The topological polar surface area (TPSA) is 20.2 Å².